The maximum absolute atomic E-state index is 9.42. The van der Waals surface area contributed by atoms with E-state index in [1.165, 1.54) is 35.1 Å². The lowest BCUT2D eigenvalue weighted by Crippen LogP contribution is -2.35. The van der Waals surface area contributed by atoms with Gasteiger partial charge in [0, 0.05) is 0 Å². The van der Waals surface area contributed by atoms with Gasteiger partial charge < -0.3 is 5.11 Å². The number of benzene rings is 1. The summed E-state index contributed by atoms with van der Waals surface area (Å²) >= 11 is 0. The Balaban J connectivity index is 2.30. The third kappa shape index (κ3) is 2.67. The summed E-state index contributed by atoms with van der Waals surface area (Å²) in [6.45, 7) is 14.4. The van der Waals surface area contributed by atoms with Crippen molar-refractivity contribution < 1.29 is 5.11 Å². The standard InChI is InChI=1S/C22H32O/c1-20(2)9-7-15(8-12-23)16-13-18-19(14-17(16)20)22(5,6)11-10-21(18,3)4/h8,13-14,23H,7,9-12H2,1-6H3. The molecule has 2 aliphatic carbocycles. The van der Waals surface area contributed by atoms with Crippen LogP contribution in [0.2, 0.25) is 0 Å². The third-order valence-electron chi connectivity index (χ3n) is 6.42. The molecule has 2 aliphatic rings. The van der Waals surface area contributed by atoms with Gasteiger partial charge in [0.25, 0.3) is 0 Å². The van der Waals surface area contributed by atoms with Crippen LogP contribution in [0.1, 0.15) is 89.5 Å². The first-order valence-electron chi connectivity index (χ1n) is 9.08. The summed E-state index contributed by atoms with van der Waals surface area (Å²) in [7, 11) is 0. The Bertz CT molecular complexity index is 659. The van der Waals surface area contributed by atoms with Crippen LogP contribution in [0.3, 0.4) is 0 Å². The molecule has 0 saturated carbocycles. The predicted molar refractivity (Wildman–Crippen MR) is 99.1 cm³/mol. The molecule has 1 aromatic carbocycles. The zero-order valence-electron chi connectivity index (χ0n) is 15.7. The lowest BCUT2D eigenvalue weighted by Gasteiger charge is -2.44. The van der Waals surface area contributed by atoms with Gasteiger partial charge in [0.15, 0.2) is 0 Å². The first-order valence-corrected chi connectivity index (χ1v) is 9.08. The van der Waals surface area contributed by atoms with E-state index in [-0.39, 0.29) is 22.9 Å². The third-order valence-corrected chi connectivity index (χ3v) is 6.42. The van der Waals surface area contributed by atoms with E-state index in [0.29, 0.717) is 0 Å². The molecule has 23 heavy (non-hydrogen) atoms. The molecular formula is C22H32O. The summed E-state index contributed by atoms with van der Waals surface area (Å²) < 4.78 is 0. The molecule has 1 nitrogen and oxygen atoms in total. The van der Waals surface area contributed by atoms with Gasteiger partial charge in [-0.25, -0.2) is 0 Å². The van der Waals surface area contributed by atoms with Gasteiger partial charge in [0.05, 0.1) is 6.61 Å². The Kier molecular flexibility index (Phi) is 3.80. The van der Waals surface area contributed by atoms with Crippen molar-refractivity contribution in [1.82, 2.24) is 0 Å². The Labute approximate surface area is 141 Å². The molecule has 0 bridgehead atoms. The number of fused-ring (bicyclic) bond motifs is 2. The number of allylic oxidation sites excluding steroid dienone is 1. The van der Waals surface area contributed by atoms with Gasteiger partial charge in [0.2, 0.25) is 0 Å². The number of aliphatic hydroxyl groups is 1. The lowest BCUT2D eigenvalue weighted by atomic mass is 9.60. The van der Waals surface area contributed by atoms with Gasteiger partial charge in [-0.05, 0) is 69.8 Å². The Morgan fingerprint density at radius 1 is 0.826 bits per heavy atom. The molecule has 1 aromatic rings. The summed E-state index contributed by atoms with van der Waals surface area (Å²) in [5.74, 6) is 0. The molecule has 0 saturated heterocycles. The molecule has 3 rings (SSSR count). The lowest BCUT2D eigenvalue weighted by molar-refractivity contribution is 0.330. The van der Waals surface area contributed by atoms with Gasteiger partial charge in [0.1, 0.15) is 0 Å². The highest BCUT2D eigenvalue weighted by Crippen LogP contribution is 2.51. The molecule has 0 aliphatic heterocycles. The highest BCUT2D eigenvalue weighted by Gasteiger charge is 2.40. The molecule has 0 fully saturated rings. The fourth-order valence-electron chi connectivity index (χ4n) is 4.48. The van der Waals surface area contributed by atoms with E-state index < -0.39 is 0 Å². The molecule has 0 heterocycles. The van der Waals surface area contributed by atoms with Gasteiger partial charge in [-0.2, -0.15) is 0 Å². The molecule has 0 atom stereocenters. The highest BCUT2D eigenvalue weighted by molar-refractivity contribution is 5.73. The van der Waals surface area contributed by atoms with Crippen molar-refractivity contribution in [2.75, 3.05) is 6.61 Å². The van der Waals surface area contributed by atoms with Gasteiger partial charge >= 0.3 is 0 Å². The second kappa shape index (κ2) is 5.21. The minimum Gasteiger partial charge on any atom is -0.392 e. The predicted octanol–water partition coefficient (Wildman–Crippen LogP) is 5.48. The van der Waals surface area contributed by atoms with Gasteiger partial charge in [-0.3, -0.25) is 0 Å². The monoisotopic (exact) mass is 312 g/mol. The van der Waals surface area contributed by atoms with Crippen molar-refractivity contribution in [2.45, 2.75) is 83.5 Å². The zero-order chi connectivity index (χ0) is 17.0. The quantitative estimate of drug-likeness (QED) is 0.727. The van der Waals surface area contributed by atoms with Crippen LogP contribution in [-0.4, -0.2) is 11.7 Å². The van der Waals surface area contributed by atoms with Crippen molar-refractivity contribution in [3.8, 4) is 0 Å². The van der Waals surface area contributed by atoms with E-state index in [0.717, 1.165) is 12.8 Å². The van der Waals surface area contributed by atoms with Crippen LogP contribution in [0.25, 0.3) is 5.57 Å². The van der Waals surface area contributed by atoms with Crippen LogP contribution >= 0.6 is 0 Å². The summed E-state index contributed by atoms with van der Waals surface area (Å²) in [5.41, 5.74) is 7.99. The molecule has 1 N–H and O–H groups in total. The Hall–Kier alpha value is -1.08. The maximum atomic E-state index is 9.42. The van der Waals surface area contributed by atoms with E-state index in [1.807, 2.05) is 6.08 Å². The smallest absolute Gasteiger partial charge is 0.0618 e. The van der Waals surface area contributed by atoms with Crippen LogP contribution in [0.4, 0.5) is 0 Å². The molecule has 126 valence electrons. The first-order chi connectivity index (χ1) is 10.6. The van der Waals surface area contributed by atoms with E-state index in [9.17, 15) is 5.11 Å². The van der Waals surface area contributed by atoms with Crippen molar-refractivity contribution in [2.24, 2.45) is 0 Å². The fourth-order valence-corrected chi connectivity index (χ4v) is 4.48. The van der Waals surface area contributed by atoms with Crippen LogP contribution in [0.15, 0.2) is 18.2 Å². The van der Waals surface area contributed by atoms with Gasteiger partial charge in [-0.1, -0.05) is 59.8 Å². The largest absolute Gasteiger partial charge is 0.392 e. The second-order valence-corrected chi connectivity index (χ2v) is 9.51. The van der Waals surface area contributed by atoms with Crippen LogP contribution in [0.5, 0.6) is 0 Å². The minimum absolute atomic E-state index is 0.140. The number of hydrogen-bond acceptors (Lipinski definition) is 1. The minimum atomic E-state index is 0.140. The van der Waals surface area contributed by atoms with Crippen molar-refractivity contribution in [3.05, 3.63) is 40.5 Å². The Morgan fingerprint density at radius 2 is 1.35 bits per heavy atom. The van der Waals surface area contributed by atoms with E-state index in [4.69, 9.17) is 0 Å². The van der Waals surface area contributed by atoms with Gasteiger partial charge in [-0.15, -0.1) is 0 Å². The molecule has 1 heteroatoms. The SMILES string of the molecule is CC1(C)CCC(=CCO)c2cc3c(cc21)C(C)(C)CCC3(C)C. The average molecular weight is 312 g/mol. The van der Waals surface area contributed by atoms with Crippen LogP contribution in [-0.2, 0) is 16.2 Å². The first kappa shape index (κ1) is 16.8. The molecular weight excluding hydrogens is 280 g/mol. The molecule has 0 amide bonds. The van der Waals surface area contributed by atoms with Crippen molar-refractivity contribution >= 4 is 5.57 Å². The molecule has 0 spiro atoms. The number of rotatable bonds is 1. The maximum Gasteiger partial charge on any atom is 0.0618 e. The fraction of sp³-hybridized carbons (Fsp3) is 0.636. The van der Waals surface area contributed by atoms with Crippen molar-refractivity contribution in [1.29, 1.82) is 0 Å². The summed E-state index contributed by atoms with van der Waals surface area (Å²) in [6, 6.07) is 4.98. The molecule has 0 aromatic heterocycles. The summed E-state index contributed by atoms with van der Waals surface area (Å²) in [5, 5.41) is 9.42. The number of hydrogen-bond donors (Lipinski definition) is 1. The van der Waals surface area contributed by atoms with Crippen LogP contribution in [0, 0.1) is 0 Å². The Morgan fingerprint density at radius 3 is 1.91 bits per heavy atom. The van der Waals surface area contributed by atoms with Crippen molar-refractivity contribution in [3.63, 3.8) is 0 Å². The topological polar surface area (TPSA) is 20.2 Å². The van der Waals surface area contributed by atoms with Crippen LogP contribution < -0.4 is 0 Å². The normalized spacial score (nSPS) is 25.8. The van der Waals surface area contributed by atoms with E-state index >= 15 is 0 Å². The average Bonchev–Trinajstić information content (AvgIpc) is 2.46. The second-order valence-electron chi connectivity index (χ2n) is 9.51. The molecule has 0 unspecified atom stereocenters. The van der Waals surface area contributed by atoms with E-state index in [2.05, 4.69) is 53.7 Å². The highest BCUT2D eigenvalue weighted by atomic mass is 16.2. The zero-order valence-corrected chi connectivity index (χ0v) is 15.7. The number of aliphatic hydroxyl groups excluding tert-OH is 1. The summed E-state index contributed by atoms with van der Waals surface area (Å²) in [4.78, 5) is 0. The summed E-state index contributed by atoms with van der Waals surface area (Å²) in [6.07, 6.45) is 6.75. The van der Waals surface area contributed by atoms with E-state index in [1.54, 1.807) is 5.56 Å². The molecule has 0 radical (unpaired) electrons.